The Kier molecular flexibility index (Phi) is 4.80. The molecule has 4 heteroatoms. The van der Waals surface area contributed by atoms with Gasteiger partial charge in [-0.3, -0.25) is 4.79 Å². The summed E-state index contributed by atoms with van der Waals surface area (Å²) in [5.74, 6) is 0.588. The first-order valence-electron chi connectivity index (χ1n) is 5.08. The zero-order valence-electron chi connectivity index (χ0n) is 9.74. The van der Waals surface area contributed by atoms with E-state index >= 15 is 0 Å². The van der Waals surface area contributed by atoms with Crippen molar-refractivity contribution < 1.29 is 9.53 Å². The van der Waals surface area contributed by atoms with E-state index in [2.05, 4.69) is 15.9 Å². The molecule has 0 saturated heterocycles. The fourth-order valence-electron chi connectivity index (χ4n) is 1.49. The molecule has 88 valence electrons. The van der Waals surface area contributed by atoms with Gasteiger partial charge in [0.1, 0.15) is 5.75 Å². The number of amides is 1. The molecule has 1 rings (SSSR count). The Bertz CT molecular complexity index is 366. The van der Waals surface area contributed by atoms with Crippen LogP contribution in [-0.2, 0) is 0 Å². The number of alkyl halides is 1. The zero-order valence-corrected chi connectivity index (χ0v) is 11.3. The summed E-state index contributed by atoms with van der Waals surface area (Å²) in [5, 5.41) is 0. The Hall–Kier alpha value is -1.03. The molecule has 1 unspecified atom stereocenters. The van der Waals surface area contributed by atoms with E-state index in [9.17, 15) is 4.79 Å². The number of hydrogen-bond acceptors (Lipinski definition) is 2. The van der Waals surface area contributed by atoms with Gasteiger partial charge in [-0.1, -0.05) is 35.0 Å². The average Bonchev–Trinajstić information content (AvgIpc) is 2.27. The van der Waals surface area contributed by atoms with E-state index in [1.807, 2.05) is 19.1 Å². The molecule has 1 atom stereocenters. The van der Waals surface area contributed by atoms with Crippen molar-refractivity contribution in [2.45, 2.75) is 11.8 Å². The first kappa shape index (κ1) is 13.0. The average molecular weight is 286 g/mol. The first-order valence-corrected chi connectivity index (χ1v) is 6.00. The molecule has 0 radical (unpaired) electrons. The monoisotopic (exact) mass is 285 g/mol. The largest absolute Gasteiger partial charge is 0.496 e. The summed E-state index contributed by atoms with van der Waals surface area (Å²) in [6.07, 6.45) is 0. The van der Waals surface area contributed by atoms with Crippen molar-refractivity contribution in [2.75, 3.05) is 20.7 Å². The highest BCUT2D eigenvalue weighted by Gasteiger charge is 2.16. The van der Waals surface area contributed by atoms with Gasteiger partial charge in [0.05, 0.1) is 12.7 Å². The van der Waals surface area contributed by atoms with E-state index < -0.39 is 0 Å². The maximum Gasteiger partial charge on any atom is 0.257 e. The summed E-state index contributed by atoms with van der Waals surface area (Å²) < 4.78 is 5.16. The number of carbonyl (C=O) groups is 1. The molecule has 0 aliphatic rings. The Morgan fingerprint density at radius 1 is 1.50 bits per heavy atom. The number of nitrogens with zero attached hydrogens (tertiary/aromatic N) is 1. The smallest absolute Gasteiger partial charge is 0.257 e. The lowest BCUT2D eigenvalue weighted by Gasteiger charge is -2.19. The van der Waals surface area contributed by atoms with Crippen LogP contribution < -0.4 is 4.74 Å². The number of benzene rings is 1. The molecule has 1 amide bonds. The summed E-state index contributed by atoms with van der Waals surface area (Å²) in [5.41, 5.74) is 0.598. The molecule has 1 aromatic rings. The van der Waals surface area contributed by atoms with Crippen molar-refractivity contribution in [3.05, 3.63) is 29.8 Å². The summed E-state index contributed by atoms with van der Waals surface area (Å²) in [6.45, 7) is 2.67. The number of ether oxygens (including phenoxy) is 1. The van der Waals surface area contributed by atoms with Crippen LogP contribution in [0, 0.1) is 0 Å². The predicted octanol–water partition coefficient (Wildman–Crippen LogP) is 2.55. The fourth-order valence-corrected chi connectivity index (χ4v) is 1.92. The minimum Gasteiger partial charge on any atom is -0.496 e. The summed E-state index contributed by atoms with van der Waals surface area (Å²) >= 11 is 3.43. The standard InChI is InChI=1S/C12H16BrNO2/c1-9(13)8-14(2)12(15)10-6-4-5-7-11(10)16-3/h4-7,9H,8H2,1-3H3. The normalized spacial score (nSPS) is 12.0. The molecule has 0 N–H and O–H groups in total. The summed E-state index contributed by atoms with van der Waals surface area (Å²) in [4.78, 5) is 14.0. The van der Waals surface area contributed by atoms with E-state index in [-0.39, 0.29) is 10.7 Å². The topological polar surface area (TPSA) is 29.5 Å². The second-order valence-corrected chi connectivity index (χ2v) is 5.23. The molecule has 0 spiro atoms. The second kappa shape index (κ2) is 5.89. The van der Waals surface area contributed by atoms with Gasteiger partial charge in [-0.05, 0) is 12.1 Å². The van der Waals surface area contributed by atoms with Crippen molar-refractivity contribution in [3.8, 4) is 5.75 Å². The third-order valence-electron chi connectivity index (χ3n) is 2.21. The highest BCUT2D eigenvalue weighted by molar-refractivity contribution is 9.09. The molecule has 0 aliphatic heterocycles. The lowest BCUT2D eigenvalue weighted by Crippen LogP contribution is -2.31. The van der Waals surface area contributed by atoms with Crippen LogP contribution in [0.25, 0.3) is 0 Å². The second-order valence-electron chi connectivity index (χ2n) is 3.67. The van der Waals surface area contributed by atoms with Crippen molar-refractivity contribution in [1.82, 2.24) is 4.90 Å². The maximum absolute atomic E-state index is 12.1. The lowest BCUT2D eigenvalue weighted by atomic mass is 10.1. The van der Waals surface area contributed by atoms with Gasteiger partial charge in [-0.2, -0.15) is 0 Å². The van der Waals surface area contributed by atoms with Gasteiger partial charge in [0.2, 0.25) is 0 Å². The number of rotatable bonds is 4. The molecular formula is C12H16BrNO2. The third-order valence-corrected chi connectivity index (χ3v) is 2.50. The quantitative estimate of drug-likeness (QED) is 0.796. The molecule has 0 aromatic heterocycles. The lowest BCUT2D eigenvalue weighted by molar-refractivity contribution is 0.0794. The Morgan fingerprint density at radius 2 is 2.12 bits per heavy atom. The van der Waals surface area contributed by atoms with E-state index in [0.717, 1.165) is 0 Å². The Morgan fingerprint density at radius 3 is 2.69 bits per heavy atom. The van der Waals surface area contributed by atoms with Gasteiger partial charge in [-0.25, -0.2) is 0 Å². The molecule has 0 aliphatic carbocycles. The highest BCUT2D eigenvalue weighted by Crippen LogP contribution is 2.19. The van der Waals surface area contributed by atoms with Crippen molar-refractivity contribution in [2.24, 2.45) is 0 Å². The SMILES string of the molecule is COc1ccccc1C(=O)N(C)CC(C)Br. The third kappa shape index (κ3) is 3.23. The number of hydrogen-bond donors (Lipinski definition) is 0. The van der Waals surface area contributed by atoms with Crippen LogP contribution in [0.5, 0.6) is 5.75 Å². The zero-order chi connectivity index (χ0) is 12.1. The van der Waals surface area contributed by atoms with Gasteiger partial charge in [0.15, 0.2) is 0 Å². The van der Waals surface area contributed by atoms with Crippen molar-refractivity contribution in [1.29, 1.82) is 0 Å². The van der Waals surface area contributed by atoms with Crippen LogP contribution in [-0.4, -0.2) is 36.3 Å². The summed E-state index contributed by atoms with van der Waals surface area (Å²) in [6, 6.07) is 7.25. The maximum atomic E-state index is 12.1. The Labute approximate surface area is 105 Å². The predicted molar refractivity (Wildman–Crippen MR) is 68.3 cm³/mol. The molecule has 3 nitrogen and oxygen atoms in total. The molecular weight excluding hydrogens is 270 g/mol. The van der Waals surface area contributed by atoms with E-state index in [1.54, 1.807) is 31.2 Å². The Balaban J connectivity index is 2.87. The minimum atomic E-state index is -0.0243. The van der Waals surface area contributed by atoms with Gasteiger partial charge >= 0.3 is 0 Å². The minimum absolute atomic E-state index is 0.0243. The van der Waals surface area contributed by atoms with Crippen LogP contribution in [0.4, 0.5) is 0 Å². The van der Waals surface area contributed by atoms with Crippen LogP contribution in [0.2, 0.25) is 0 Å². The molecule has 0 bridgehead atoms. The van der Waals surface area contributed by atoms with E-state index in [0.29, 0.717) is 17.9 Å². The van der Waals surface area contributed by atoms with Gasteiger partial charge in [0.25, 0.3) is 5.91 Å². The first-order chi connectivity index (χ1) is 7.56. The van der Waals surface area contributed by atoms with Crippen LogP contribution in [0.3, 0.4) is 0 Å². The summed E-state index contributed by atoms with van der Waals surface area (Å²) in [7, 11) is 3.35. The molecule has 0 fully saturated rings. The van der Waals surface area contributed by atoms with Crippen LogP contribution in [0.1, 0.15) is 17.3 Å². The molecule has 1 aromatic carbocycles. The number of carbonyl (C=O) groups excluding carboxylic acids is 1. The number of halogens is 1. The van der Waals surface area contributed by atoms with Crippen molar-refractivity contribution >= 4 is 21.8 Å². The van der Waals surface area contributed by atoms with Gasteiger partial charge in [-0.15, -0.1) is 0 Å². The number of para-hydroxylation sites is 1. The number of methoxy groups -OCH3 is 1. The van der Waals surface area contributed by atoms with Gasteiger partial charge in [0, 0.05) is 18.4 Å². The van der Waals surface area contributed by atoms with Crippen LogP contribution >= 0.6 is 15.9 Å². The van der Waals surface area contributed by atoms with E-state index in [1.165, 1.54) is 0 Å². The van der Waals surface area contributed by atoms with Crippen molar-refractivity contribution in [3.63, 3.8) is 0 Å². The highest BCUT2D eigenvalue weighted by atomic mass is 79.9. The molecule has 0 saturated carbocycles. The molecule has 0 heterocycles. The van der Waals surface area contributed by atoms with Crippen LogP contribution in [0.15, 0.2) is 24.3 Å². The van der Waals surface area contributed by atoms with Gasteiger partial charge < -0.3 is 9.64 Å². The fraction of sp³-hybridized carbons (Fsp3) is 0.417. The molecule has 16 heavy (non-hydrogen) atoms. The van der Waals surface area contributed by atoms with E-state index in [4.69, 9.17) is 4.74 Å².